The predicted molar refractivity (Wildman–Crippen MR) is 161 cm³/mol. The molecule has 1 saturated heterocycles. The number of amides is 1. The van der Waals surface area contributed by atoms with Gasteiger partial charge in [-0.2, -0.15) is 0 Å². The summed E-state index contributed by atoms with van der Waals surface area (Å²) in [7, 11) is -3.69. The first-order chi connectivity index (χ1) is 19.4. The van der Waals surface area contributed by atoms with Crippen molar-refractivity contribution in [2.75, 3.05) is 54.8 Å². The Bertz CT molecular complexity index is 1520. The summed E-state index contributed by atoms with van der Waals surface area (Å²) < 4.78 is 28.8. The van der Waals surface area contributed by atoms with E-state index in [2.05, 4.69) is 44.2 Å². The van der Waals surface area contributed by atoms with Gasteiger partial charge in [-0.05, 0) is 73.3 Å². The van der Waals surface area contributed by atoms with E-state index >= 15 is 0 Å². The maximum atomic E-state index is 13.3. The van der Waals surface area contributed by atoms with Gasteiger partial charge in [-0.3, -0.25) is 4.79 Å². The van der Waals surface area contributed by atoms with Crippen LogP contribution in [0.1, 0.15) is 30.9 Å². The number of anilines is 3. The van der Waals surface area contributed by atoms with Crippen molar-refractivity contribution >= 4 is 44.3 Å². The Labute approximate surface area is 236 Å². The van der Waals surface area contributed by atoms with Crippen LogP contribution in [0.3, 0.4) is 0 Å². The molecule has 0 atom stereocenters. The summed E-state index contributed by atoms with van der Waals surface area (Å²) in [4.78, 5) is 18.3. The van der Waals surface area contributed by atoms with Crippen LogP contribution in [0, 0.1) is 5.92 Å². The molecule has 2 fully saturated rings. The van der Waals surface area contributed by atoms with Gasteiger partial charge in [0.15, 0.2) is 0 Å². The molecule has 1 saturated carbocycles. The van der Waals surface area contributed by atoms with E-state index in [1.54, 1.807) is 18.2 Å². The summed E-state index contributed by atoms with van der Waals surface area (Å²) >= 11 is 0. The lowest BCUT2D eigenvalue weighted by molar-refractivity contribution is -0.110. The molecule has 3 aromatic rings. The summed E-state index contributed by atoms with van der Waals surface area (Å²) in [5.41, 5.74) is 5.06. The normalized spacial score (nSPS) is 18.8. The summed E-state index contributed by atoms with van der Waals surface area (Å²) in [6, 6.07) is 22.8. The third kappa shape index (κ3) is 5.63. The average Bonchev–Trinajstić information content (AvgIpc) is 3.76. The van der Waals surface area contributed by atoms with Gasteiger partial charge in [0.05, 0.1) is 16.2 Å². The lowest BCUT2D eigenvalue weighted by atomic mass is 10.00. The highest BCUT2D eigenvalue weighted by Gasteiger charge is 2.31. The Morgan fingerprint density at radius 3 is 2.35 bits per heavy atom. The lowest BCUT2D eigenvalue weighted by Crippen LogP contribution is -2.46. The minimum atomic E-state index is -3.69. The molecule has 8 nitrogen and oxygen atoms in total. The fourth-order valence-electron chi connectivity index (χ4n) is 5.30. The molecular formula is C31H35N5O3S. The van der Waals surface area contributed by atoms with E-state index in [1.165, 1.54) is 5.69 Å². The zero-order chi connectivity index (χ0) is 27.7. The minimum Gasteiger partial charge on any atom is -0.369 e. The van der Waals surface area contributed by atoms with Gasteiger partial charge >= 0.3 is 0 Å². The van der Waals surface area contributed by atoms with Gasteiger partial charge in [-0.1, -0.05) is 37.3 Å². The predicted octanol–water partition coefficient (Wildman–Crippen LogP) is 4.45. The van der Waals surface area contributed by atoms with Crippen molar-refractivity contribution in [1.82, 2.24) is 9.62 Å². The highest BCUT2D eigenvalue weighted by Crippen LogP contribution is 2.39. The van der Waals surface area contributed by atoms with E-state index in [9.17, 15) is 13.2 Å². The van der Waals surface area contributed by atoms with Crippen LogP contribution in [0.4, 0.5) is 17.1 Å². The number of nitrogens with one attached hydrogen (secondary N) is 3. The molecule has 0 spiro atoms. The summed E-state index contributed by atoms with van der Waals surface area (Å²) in [5.74, 6) is 0.149. The van der Waals surface area contributed by atoms with Crippen molar-refractivity contribution in [1.29, 1.82) is 0 Å². The van der Waals surface area contributed by atoms with Gasteiger partial charge < -0.3 is 20.4 Å². The van der Waals surface area contributed by atoms with Crippen molar-refractivity contribution < 1.29 is 13.2 Å². The number of carbonyl (C=O) groups is 1. The number of rotatable bonds is 9. The van der Waals surface area contributed by atoms with E-state index < -0.39 is 10.0 Å². The summed E-state index contributed by atoms with van der Waals surface area (Å²) in [5, 5.41) is 6.41. The maximum absolute atomic E-state index is 13.3. The molecule has 3 aromatic carbocycles. The minimum absolute atomic E-state index is 0.154. The Morgan fingerprint density at radius 2 is 1.68 bits per heavy atom. The van der Waals surface area contributed by atoms with Crippen LogP contribution < -0.4 is 20.3 Å². The first-order valence-electron chi connectivity index (χ1n) is 14.0. The first kappa shape index (κ1) is 26.6. The maximum Gasteiger partial charge on any atom is 0.258 e. The van der Waals surface area contributed by atoms with Gasteiger partial charge in [-0.25, -0.2) is 13.1 Å². The monoisotopic (exact) mass is 557 g/mol. The third-order valence-electron chi connectivity index (χ3n) is 7.94. The van der Waals surface area contributed by atoms with Crippen LogP contribution in [0.5, 0.6) is 0 Å². The van der Waals surface area contributed by atoms with Gasteiger partial charge in [0.1, 0.15) is 0 Å². The van der Waals surface area contributed by atoms with Crippen molar-refractivity contribution in [3.8, 4) is 0 Å². The number of piperazine rings is 1. The summed E-state index contributed by atoms with van der Waals surface area (Å²) in [6.45, 7) is 7.83. The number of nitrogens with zero attached hydrogens (tertiary/aromatic N) is 2. The number of hydrogen-bond acceptors (Lipinski definition) is 6. The Balaban J connectivity index is 1.33. The van der Waals surface area contributed by atoms with Gasteiger partial charge in [0.25, 0.3) is 5.91 Å². The zero-order valence-corrected chi connectivity index (χ0v) is 23.5. The van der Waals surface area contributed by atoms with E-state index in [-0.39, 0.29) is 10.8 Å². The standard InChI is InChI=1S/C31H35N5O3S/c1-2-35-16-18-36(19-17-35)25-12-10-24(11-13-25)33-30(23-6-4-3-5-7-23)29-27-20-26(14-15-28(27)34-31(29)37)40(38,39)32-21-22-8-9-22/h3-7,10-15,20,22,32-33H,2,8-9,16-19,21H2,1H3,(H,34,37)/b30-29-. The van der Waals surface area contributed by atoms with Crippen LogP contribution in [0.25, 0.3) is 11.3 Å². The Morgan fingerprint density at radius 1 is 0.950 bits per heavy atom. The number of likely N-dealkylation sites (N-methyl/N-ethyl adjacent to an activating group) is 1. The van der Waals surface area contributed by atoms with Crippen molar-refractivity contribution in [3.63, 3.8) is 0 Å². The molecular weight excluding hydrogens is 522 g/mol. The quantitative estimate of drug-likeness (QED) is 0.337. The zero-order valence-electron chi connectivity index (χ0n) is 22.7. The van der Waals surface area contributed by atoms with E-state index in [0.29, 0.717) is 35.0 Å². The largest absolute Gasteiger partial charge is 0.369 e. The van der Waals surface area contributed by atoms with Crippen molar-refractivity contribution in [3.05, 3.63) is 83.9 Å². The van der Waals surface area contributed by atoms with E-state index in [0.717, 1.165) is 56.8 Å². The van der Waals surface area contributed by atoms with Gasteiger partial charge in [0.2, 0.25) is 10.0 Å². The molecule has 3 aliphatic rings. The highest BCUT2D eigenvalue weighted by molar-refractivity contribution is 7.89. The number of hydrogen-bond donors (Lipinski definition) is 3. The second-order valence-electron chi connectivity index (χ2n) is 10.7. The van der Waals surface area contributed by atoms with Crippen LogP contribution in [-0.2, 0) is 14.8 Å². The molecule has 1 aliphatic carbocycles. The molecule has 0 bridgehead atoms. The molecule has 40 heavy (non-hydrogen) atoms. The summed E-state index contributed by atoms with van der Waals surface area (Å²) in [6.07, 6.45) is 2.11. The first-order valence-corrected chi connectivity index (χ1v) is 15.5. The number of fused-ring (bicyclic) bond motifs is 1. The second-order valence-corrected chi connectivity index (χ2v) is 12.4. The van der Waals surface area contributed by atoms with Gasteiger partial charge in [-0.15, -0.1) is 0 Å². The molecule has 0 radical (unpaired) electrons. The fourth-order valence-corrected chi connectivity index (χ4v) is 6.44. The molecule has 0 unspecified atom stereocenters. The fraction of sp³-hybridized carbons (Fsp3) is 0.323. The molecule has 0 aromatic heterocycles. The number of sulfonamides is 1. The van der Waals surface area contributed by atoms with Crippen LogP contribution in [-0.4, -0.2) is 58.5 Å². The number of carbonyl (C=O) groups excluding carboxylic acids is 1. The Hall–Kier alpha value is -3.66. The van der Waals surface area contributed by atoms with E-state index in [4.69, 9.17) is 0 Å². The lowest BCUT2D eigenvalue weighted by Gasteiger charge is -2.35. The van der Waals surface area contributed by atoms with Crippen LogP contribution in [0.2, 0.25) is 0 Å². The molecule has 1 amide bonds. The Kier molecular flexibility index (Phi) is 7.35. The van der Waals surface area contributed by atoms with Crippen LogP contribution >= 0.6 is 0 Å². The molecule has 2 aliphatic heterocycles. The second kappa shape index (κ2) is 11.1. The van der Waals surface area contributed by atoms with Crippen LogP contribution in [0.15, 0.2) is 77.7 Å². The van der Waals surface area contributed by atoms with Crippen molar-refractivity contribution in [2.45, 2.75) is 24.7 Å². The third-order valence-corrected chi connectivity index (χ3v) is 9.36. The van der Waals surface area contributed by atoms with Crippen molar-refractivity contribution in [2.24, 2.45) is 5.92 Å². The SMILES string of the molecule is CCN1CCN(c2ccc(N/C(=C3\C(=O)Nc4ccc(S(=O)(=O)NCC5CC5)cc43)c3ccccc3)cc2)CC1. The smallest absolute Gasteiger partial charge is 0.258 e. The van der Waals surface area contributed by atoms with Gasteiger partial charge in [0, 0.05) is 55.3 Å². The average molecular weight is 558 g/mol. The molecule has 6 rings (SSSR count). The number of benzene rings is 3. The molecule has 3 N–H and O–H groups in total. The molecule has 208 valence electrons. The van der Waals surface area contributed by atoms with E-state index in [1.807, 2.05) is 42.5 Å². The topological polar surface area (TPSA) is 93.8 Å². The molecule has 9 heteroatoms. The highest BCUT2D eigenvalue weighted by atomic mass is 32.2. The molecule has 2 heterocycles.